The lowest BCUT2D eigenvalue weighted by Crippen LogP contribution is -2.22. The lowest BCUT2D eigenvalue weighted by atomic mass is 10.1. The van der Waals surface area contributed by atoms with Gasteiger partial charge in [0.1, 0.15) is 0 Å². The third-order valence-corrected chi connectivity index (χ3v) is 3.46. The standard InChI is InChI=1S/C18H16F3NO5/c1-25-14-8-7-11(9-15(14)26-2)17(24)27-10-16(23)22-13-6-4-3-5-12(13)18(19,20)21/h3-9H,10H2,1-2H3,(H,22,23). The molecule has 1 amide bonds. The molecule has 27 heavy (non-hydrogen) atoms. The Labute approximate surface area is 152 Å². The van der Waals surface area contributed by atoms with Crippen LogP contribution in [0.1, 0.15) is 15.9 Å². The van der Waals surface area contributed by atoms with Crippen LogP contribution in [0.25, 0.3) is 0 Å². The summed E-state index contributed by atoms with van der Waals surface area (Å²) < 4.78 is 53.7. The summed E-state index contributed by atoms with van der Waals surface area (Å²) >= 11 is 0. The van der Waals surface area contributed by atoms with Gasteiger partial charge in [0, 0.05) is 0 Å². The number of carbonyl (C=O) groups is 2. The van der Waals surface area contributed by atoms with E-state index in [2.05, 4.69) is 5.32 Å². The molecule has 0 aliphatic heterocycles. The highest BCUT2D eigenvalue weighted by molar-refractivity contribution is 5.96. The second-order valence-corrected chi connectivity index (χ2v) is 5.24. The minimum atomic E-state index is -4.62. The van der Waals surface area contributed by atoms with E-state index in [-0.39, 0.29) is 11.3 Å². The maximum absolute atomic E-state index is 12.9. The molecule has 0 aliphatic carbocycles. The zero-order valence-electron chi connectivity index (χ0n) is 14.4. The maximum Gasteiger partial charge on any atom is 0.418 e. The lowest BCUT2D eigenvalue weighted by molar-refractivity contribution is -0.137. The number of ether oxygens (including phenoxy) is 3. The minimum Gasteiger partial charge on any atom is -0.493 e. The number of benzene rings is 2. The highest BCUT2D eigenvalue weighted by atomic mass is 19.4. The van der Waals surface area contributed by atoms with Gasteiger partial charge >= 0.3 is 12.1 Å². The summed E-state index contributed by atoms with van der Waals surface area (Å²) in [4.78, 5) is 23.9. The fraction of sp³-hybridized carbons (Fsp3) is 0.222. The van der Waals surface area contributed by atoms with E-state index in [9.17, 15) is 22.8 Å². The Morgan fingerprint density at radius 2 is 1.67 bits per heavy atom. The third-order valence-electron chi connectivity index (χ3n) is 3.46. The predicted molar refractivity (Wildman–Crippen MR) is 89.9 cm³/mol. The van der Waals surface area contributed by atoms with Gasteiger partial charge < -0.3 is 19.5 Å². The zero-order valence-corrected chi connectivity index (χ0v) is 14.4. The first kappa shape index (κ1) is 20.1. The van der Waals surface area contributed by atoms with E-state index in [1.54, 1.807) is 0 Å². The molecule has 144 valence electrons. The van der Waals surface area contributed by atoms with Crippen molar-refractivity contribution in [3.8, 4) is 11.5 Å². The van der Waals surface area contributed by atoms with Crippen LogP contribution in [-0.4, -0.2) is 32.7 Å². The van der Waals surface area contributed by atoms with Gasteiger partial charge in [0.2, 0.25) is 0 Å². The molecule has 0 spiro atoms. The lowest BCUT2D eigenvalue weighted by Gasteiger charge is -2.13. The summed E-state index contributed by atoms with van der Waals surface area (Å²) in [5.41, 5.74) is -1.32. The smallest absolute Gasteiger partial charge is 0.418 e. The van der Waals surface area contributed by atoms with Crippen LogP contribution < -0.4 is 14.8 Å². The van der Waals surface area contributed by atoms with Gasteiger partial charge in [0.05, 0.1) is 31.0 Å². The molecule has 0 heterocycles. The molecule has 2 aromatic carbocycles. The van der Waals surface area contributed by atoms with Gasteiger partial charge in [-0.05, 0) is 30.3 Å². The van der Waals surface area contributed by atoms with Crippen molar-refractivity contribution in [2.75, 3.05) is 26.1 Å². The first-order valence-corrected chi connectivity index (χ1v) is 7.61. The number of esters is 1. The van der Waals surface area contributed by atoms with Crippen molar-refractivity contribution in [2.45, 2.75) is 6.18 Å². The number of nitrogens with one attached hydrogen (secondary N) is 1. The Hall–Kier alpha value is -3.23. The summed E-state index contributed by atoms with van der Waals surface area (Å²) in [6.07, 6.45) is -4.62. The molecule has 0 unspecified atom stereocenters. The van der Waals surface area contributed by atoms with Crippen LogP contribution in [-0.2, 0) is 15.7 Å². The molecule has 9 heteroatoms. The van der Waals surface area contributed by atoms with Gasteiger partial charge in [-0.15, -0.1) is 0 Å². The largest absolute Gasteiger partial charge is 0.493 e. The molecule has 6 nitrogen and oxygen atoms in total. The Morgan fingerprint density at radius 3 is 2.30 bits per heavy atom. The van der Waals surface area contributed by atoms with Crippen molar-refractivity contribution >= 4 is 17.6 Å². The fourth-order valence-electron chi connectivity index (χ4n) is 2.20. The van der Waals surface area contributed by atoms with Gasteiger partial charge in [0.25, 0.3) is 5.91 Å². The van der Waals surface area contributed by atoms with Gasteiger partial charge in [-0.1, -0.05) is 12.1 Å². The van der Waals surface area contributed by atoms with Crippen molar-refractivity contribution in [1.29, 1.82) is 0 Å². The highest BCUT2D eigenvalue weighted by Gasteiger charge is 2.33. The summed E-state index contributed by atoms with van der Waals surface area (Å²) in [7, 11) is 2.82. The van der Waals surface area contributed by atoms with Crippen LogP contribution in [0.3, 0.4) is 0 Å². The fourth-order valence-corrected chi connectivity index (χ4v) is 2.20. The normalized spacial score (nSPS) is 10.9. The highest BCUT2D eigenvalue weighted by Crippen LogP contribution is 2.34. The summed E-state index contributed by atoms with van der Waals surface area (Å²) in [5, 5.41) is 2.08. The van der Waals surface area contributed by atoms with Crippen molar-refractivity contribution in [3.63, 3.8) is 0 Å². The third kappa shape index (κ3) is 5.13. The Bertz CT molecular complexity index is 836. The van der Waals surface area contributed by atoms with Crippen molar-refractivity contribution in [2.24, 2.45) is 0 Å². The Morgan fingerprint density at radius 1 is 1.00 bits per heavy atom. The summed E-state index contributed by atoms with van der Waals surface area (Å²) in [6.45, 7) is -0.751. The van der Waals surface area contributed by atoms with Crippen LogP contribution in [0.4, 0.5) is 18.9 Å². The minimum absolute atomic E-state index is 0.0936. The summed E-state index contributed by atoms with van der Waals surface area (Å²) in [5.74, 6) is -1.05. The van der Waals surface area contributed by atoms with E-state index in [4.69, 9.17) is 14.2 Å². The molecule has 0 aliphatic rings. The molecule has 0 saturated carbocycles. The predicted octanol–water partition coefficient (Wildman–Crippen LogP) is 3.52. The molecule has 0 bridgehead atoms. The molecule has 0 atom stereocenters. The Balaban J connectivity index is 2.01. The number of hydrogen-bond acceptors (Lipinski definition) is 5. The quantitative estimate of drug-likeness (QED) is 0.773. The van der Waals surface area contributed by atoms with Gasteiger partial charge in [-0.2, -0.15) is 13.2 Å². The van der Waals surface area contributed by atoms with Gasteiger partial charge in [-0.3, -0.25) is 4.79 Å². The van der Waals surface area contributed by atoms with Crippen molar-refractivity contribution < 1.29 is 37.0 Å². The maximum atomic E-state index is 12.9. The van der Waals surface area contributed by atoms with E-state index in [1.807, 2.05) is 0 Å². The number of carbonyl (C=O) groups excluding carboxylic acids is 2. The van der Waals surface area contributed by atoms with Crippen LogP contribution in [0.2, 0.25) is 0 Å². The number of halogens is 3. The topological polar surface area (TPSA) is 73.9 Å². The molecular formula is C18H16F3NO5. The van der Waals surface area contributed by atoms with E-state index in [1.165, 1.54) is 44.6 Å². The van der Waals surface area contributed by atoms with Crippen LogP contribution >= 0.6 is 0 Å². The van der Waals surface area contributed by atoms with E-state index < -0.39 is 35.9 Å². The molecule has 1 N–H and O–H groups in total. The number of amides is 1. The molecule has 0 aromatic heterocycles. The van der Waals surface area contributed by atoms with E-state index >= 15 is 0 Å². The SMILES string of the molecule is COc1ccc(C(=O)OCC(=O)Nc2ccccc2C(F)(F)F)cc1OC. The molecule has 2 aromatic rings. The second kappa shape index (κ2) is 8.43. The second-order valence-electron chi connectivity index (χ2n) is 5.24. The molecule has 0 radical (unpaired) electrons. The molecule has 0 saturated heterocycles. The van der Waals surface area contributed by atoms with Gasteiger partial charge in [0.15, 0.2) is 18.1 Å². The zero-order chi connectivity index (χ0) is 20.0. The van der Waals surface area contributed by atoms with Crippen LogP contribution in [0, 0.1) is 0 Å². The van der Waals surface area contributed by atoms with Crippen LogP contribution in [0.5, 0.6) is 11.5 Å². The molecule has 0 fully saturated rings. The number of alkyl halides is 3. The monoisotopic (exact) mass is 383 g/mol. The molecular weight excluding hydrogens is 367 g/mol. The number of para-hydroxylation sites is 1. The number of rotatable bonds is 6. The van der Waals surface area contributed by atoms with E-state index in [0.29, 0.717) is 5.75 Å². The van der Waals surface area contributed by atoms with Crippen molar-refractivity contribution in [1.82, 2.24) is 0 Å². The van der Waals surface area contributed by atoms with E-state index in [0.717, 1.165) is 12.1 Å². The average molecular weight is 383 g/mol. The van der Waals surface area contributed by atoms with Crippen molar-refractivity contribution in [3.05, 3.63) is 53.6 Å². The first-order valence-electron chi connectivity index (χ1n) is 7.61. The first-order chi connectivity index (χ1) is 12.8. The molecule has 2 rings (SSSR count). The number of hydrogen-bond donors (Lipinski definition) is 1. The average Bonchev–Trinajstić information content (AvgIpc) is 2.65. The number of anilines is 1. The Kier molecular flexibility index (Phi) is 6.27. The summed E-state index contributed by atoms with van der Waals surface area (Å²) in [6, 6.07) is 8.74. The van der Waals surface area contributed by atoms with Gasteiger partial charge in [-0.25, -0.2) is 4.79 Å². The number of methoxy groups -OCH3 is 2. The van der Waals surface area contributed by atoms with Crippen LogP contribution in [0.15, 0.2) is 42.5 Å².